The van der Waals surface area contributed by atoms with Gasteiger partial charge in [-0.2, -0.15) is 0 Å². The average molecular weight is 212 g/mol. The van der Waals surface area contributed by atoms with Crippen molar-refractivity contribution in [2.45, 2.75) is 32.7 Å². The number of nitrogens with one attached hydrogen (secondary N) is 1. The van der Waals surface area contributed by atoms with E-state index in [1.54, 1.807) is 0 Å². The highest BCUT2D eigenvalue weighted by atomic mass is 16.3. The van der Waals surface area contributed by atoms with E-state index in [0.717, 1.165) is 32.2 Å². The maximum atomic E-state index is 9.38. The maximum absolute atomic E-state index is 9.38. The summed E-state index contributed by atoms with van der Waals surface area (Å²) in [5.41, 5.74) is 0.291. The maximum Gasteiger partial charge on any atom is 0.0477 e. The normalized spacial score (nSPS) is 33.4. The molecule has 2 N–H and O–H groups in total. The summed E-state index contributed by atoms with van der Waals surface area (Å²) in [4.78, 5) is 2.60. The van der Waals surface area contributed by atoms with E-state index < -0.39 is 0 Å². The van der Waals surface area contributed by atoms with E-state index in [1.807, 2.05) is 0 Å². The molecule has 0 aromatic carbocycles. The molecule has 15 heavy (non-hydrogen) atoms. The predicted octanol–water partition coefficient (Wildman–Crippen LogP) is 0.689. The molecule has 0 bridgehead atoms. The van der Waals surface area contributed by atoms with Gasteiger partial charge in [-0.25, -0.2) is 0 Å². The smallest absolute Gasteiger partial charge is 0.0477 e. The van der Waals surface area contributed by atoms with Crippen molar-refractivity contribution >= 4 is 0 Å². The molecule has 0 aromatic heterocycles. The molecule has 0 aliphatic carbocycles. The van der Waals surface area contributed by atoms with Crippen LogP contribution in [0.4, 0.5) is 0 Å². The largest absolute Gasteiger partial charge is 0.396 e. The van der Waals surface area contributed by atoms with E-state index in [9.17, 15) is 5.11 Å². The minimum Gasteiger partial charge on any atom is -0.396 e. The average Bonchev–Trinajstić information content (AvgIpc) is 2.55. The van der Waals surface area contributed by atoms with Gasteiger partial charge < -0.3 is 10.4 Å². The van der Waals surface area contributed by atoms with E-state index >= 15 is 0 Å². The molecular weight excluding hydrogens is 188 g/mol. The number of hydrogen-bond donors (Lipinski definition) is 2. The van der Waals surface area contributed by atoms with Crippen molar-refractivity contribution < 1.29 is 5.11 Å². The second-order valence-electron chi connectivity index (χ2n) is 5.78. The molecule has 1 atom stereocenters. The first-order chi connectivity index (χ1) is 7.13. The number of piperidine rings is 1. The summed E-state index contributed by atoms with van der Waals surface area (Å²) in [6.45, 7) is 9.48. The summed E-state index contributed by atoms with van der Waals surface area (Å²) in [7, 11) is 0. The number of rotatable bonds is 2. The van der Waals surface area contributed by atoms with E-state index in [2.05, 4.69) is 24.1 Å². The highest BCUT2D eigenvalue weighted by Gasteiger charge is 2.41. The lowest BCUT2D eigenvalue weighted by atomic mass is 9.83. The van der Waals surface area contributed by atoms with E-state index in [4.69, 9.17) is 0 Å². The van der Waals surface area contributed by atoms with Crippen molar-refractivity contribution in [1.82, 2.24) is 10.2 Å². The van der Waals surface area contributed by atoms with Crippen molar-refractivity contribution in [2.75, 3.05) is 32.8 Å². The van der Waals surface area contributed by atoms with Crippen LogP contribution in [0.15, 0.2) is 0 Å². The quantitative estimate of drug-likeness (QED) is 0.707. The first kappa shape index (κ1) is 11.4. The van der Waals surface area contributed by atoms with E-state index in [0.29, 0.717) is 17.9 Å². The van der Waals surface area contributed by atoms with Crippen LogP contribution in [-0.4, -0.2) is 48.8 Å². The van der Waals surface area contributed by atoms with Crippen LogP contribution in [0.5, 0.6) is 0 Å². The Morgan fingerprint density at radius 3 is 2.53 bits per heavy atom. The third kappa shape index (κ3) is 2.35. The zero-order valence-corrected chi connectivity index (χ0v) is 10.00. The number of likely N-dealkylation sites (tertiary alicyclic amines) is 1. The van der Waals surface area contributed by atoms with Crippen LogP contribution in [-0.2, 0) is 0 Å². The Morgan fingerprint density at radius 1 is 1.33 bits per heavy atom. The SMILES string of the molecule is CC1(C)CN(C2CCNCC2)CC1CO. The topological polar surface area (TPSA) is 35.5 Å². The predicted molar refractivity (Wildman–Crippen MR) is 61.8 cm³/mol. The lowest BCUT2D eigenvalue weighted by Crippen LogP contribution is -2.42. The molecule has 0 radical (unpaired) electrons. The summed E-state index contributed by atoms with van der Waals surface area (Å²) < 4.78 is 0. The fourth-order valence-corrected chi connectivity index (χ4v) is 3.00. The molecule has 2 saturated heterocycles. The monoisotopic (exact) mass is 212 g/mol. The molecule has 3 nitrogen and oxygen atoms in total. The lowest BCUT2D eigenvalue weighted by molar-refractivity contribution is 0.160. The molecule has 0 amide bonds. The molecule has 0 spiro atoms. The van der Waals surface area contributed by atoms with Crippen LogP contribution in [0.2, 0.25) is 0 Å². The van der Waals surface area contributed by atoms with Gasteiger partial charge in [-0.05, 0) is 31.3 Å². The molecule has 1 unspecified atom stereocenters. The van der Waals surface area contributed by atoms with Crippen molar-refractivity contribution in [1.29, 1.82) is 0 Å². The van der Waals surface area contributed by atoms with Crippen molar-refractivity contribution in [3.05, 3.63) is 0 Å². The molecule has 2 rings (SSSR count). The van der Waals surface area contributed by atoms with Gasteiger partial charge in [0.2, 0.25) is 0 Å². The lowest BCUT2D eigenvalue weighted by Gasteiger charge is -2.32. The fourth-order valence-electron chi connectivity index (χ4n) is 3.00. The highest BCUT2D eigenvalue weighted by Crippen LogP contribution is 2.36. The van der Waals surface area contributed by atoms with Gasteiger partial charge in [-0.3, -0.25) is 4.90 Å². The Kier molecular flexibility index (Phi) is 3.33. The minimum atomic E-state index is 0.291. The van der Waals surface area contributed by atoms with Gasteiger partial charge in [-0.15, -0.1) is 0 Å². The van der Waals surface area contributed by atoms with Crippen LogP contribution in [0.1, 0.15) is 26.7 Å². The summed E-state index contributed by atoms with van der Waals surface area (Å²) in [6.07, 6.45) is 2.54. The first-order valence-corrected chi connectivity index (χ1v) is 6.19. The van der Waals surface area contributed by atoms with Crippen molar-refractivity contribution in [2.24, 2.45) is 11.3 Å². The van der Waals surface area contributed by atoms with Gasteiger partial charge in [0.15, 0.2) is 0 Å². The Balaban J connectivity index is 1.95. The Bertz CT molecular complexity index is 212. The van der Waals surface area contributed by atoms with Crippen LogP contribution in [0.25, 0.3) is 0 Å². The van der Waals surface area contributed by atoms with Crippen molar-refractivity contribution in [3.63, 3.8) is 0 Å². The van der Waals surface area contributed by atoms with Crippen LogP contribution in [0, 0.1) is 11.3 Å². The third-order valence-corrected chi connectivity index (χ3v) is 4.22. The molecule has 0 saturated carbocycles. The van der Waals surface area contributed by atoms with Gasteiger partial charge in [0.05, 0.1) is 0 Å². The molecule has 2 aliphatic rings. The Hall–Kier alpha value is -0.120. The molecule has 0 aromatic rings. The molecule has 3 heteroatoms. The third-order valence-electron chi connectivity index (χ3n) is 4.22. The zero-order valence-electron chi connectivity index (χ0n) is 10.00. The standard InChI is InChI=1S/C12H24N2O/c1-12(2)9-14(7-10(12)8-15)11-3-5-13-6-4-11/h10-11,13,15H,3-9H2,1-2H3. The molecule has 2 fully saturated rings. The van der Waals surface area contributed by atoms with Crippen LogP contribution >= 0.6 is 0 Å². The Morgan fingerprint density at radius 2 is 2.00 bits per heavy atom. The minimum absolute atomic E-state index is 0.291. The molecule has 2 heterocycles. The summed E-state index contributed by atoms with van der Waals surface area (Å²) in [5.74, 6) is 0.465. The van der Waals surface area contributed by atoms with Gasteiger partial charge in [0, 0.05) is 31.7 Å². The van der Waals surface area contributed by atoms with Gasteiger partial charge >= 0.3 is 0 Å². The second kappa shape index (κ2) is 4.40. The second-order valence-corrected chi connectivity index (χ2v) is 5.78. The number of aliphatic hydroxyl groups is 1. The molecular formula is C12H24N2O. The molecule has 2 aliphatic heterocycles. The van der Waals surface area contributed by atoms with Crippen LogP contribution < -0.4 is 5.32 Å². The Labute approximate surface area is 92.8 Å². The highest BCUT2D eigenvalue weighted by molar-refractivity contribution is 4.93. The van der Waals surface area contributed by atoms with Crippen LogP contribution in [0.3, 0.4) is 0 Å². The zero-order chi connectivity index (χ0) is 10.9. The summed E-state index contributed by atoms with van der Waals surface area (Å²) in [6, 6.07) is 0.752. The van der Waals surface area contributed by atoms with Gasteiger partial charge in [-0.1, -0.05) is 13.8 Å². The van der Waals surface area contributed by atoms with E-state index in [1.165, 1.54) is 12.8 Å². The van der Waals surface area contributed by atoms with Gasteiger partial charge in [0.25, 0.3) is 0 Å². The molecule has 88 valence electrons. The van der Waals surface area contributed by atoms with E-state index in [-0.39, 0.29) is 0 Å². The fraction of sp³-hybridized carbons (Fsp3) is 1.00. The summed E-state index contributed by atoms with van der Waals surface area (Å²) in [5, 5.41) is 12.8. The first-order valence-electron chi connectivity index (χ1n) is 6.19. The number of nitrogens with zero attached hydrogens (tertiary/aromatic N) is 1. The number of aliphatic hydroxyl groups excluding tert-OH is 1. The van der Waals surface area contributed by atoms with Gasteiger partial charge in [0.1, 0.15) is 0 Å². The number of hydrogen-bond acceptors (Lipinski definition) is 3. The summed E-state index contributed by atoms with van der Waals surface area (Å²) >= 11 is 0. The van der Waals surface area contributed by atoms with Crippen molar-refractivity contribution in [3.8, 4) is 0 Å².